The Bertz CT molecular complexity index is 605. The SMILES string of the molecule is CCN(C)C(=O)c1cccc(OCc2ccc(C)cc2)c1. The molecule has 0 saturated carbocycles. The number of hydrogen-bond acceptors (Lipinski definition) is 2. The van der Waals surface area contributed by atoms with Crippen LogP contribution in [-0.4, -0.2) is 24.4 Å². The van der Waals surface area contributed by atoms with Crippen molar-refractivity contribution in [2.75, 3.05) is 13.6 Å². The van der Waals surface area contributed by atoms with Crippen molar-refractivity contribution < 1.29 is 9.53 Å². The van der Waals surface area contributed by atoms with Gasteiger partial charge in [0.2, 0.25) is 0 Å². The number of benzene rings is 2. The van der Waals surface area contributed by atoms with Gasteiger partial charge < -0.3 is 9.64 Å². The lowest BCUT2D eigenvalue weighted by Crippen LogP contribution is -2.26. The molecule has 21 heavy (non-hydrogen) atoms. The van der Waals surface area contributed by atoms with E-state index in [1.165, 1.54) is 5.56 Å². The van der Waals surface area contributed by atoms with Gasteiger partial charge >= 0.3 is 0 Å². The minimum Gasteiger partial charge on any atom is -0.489 e. The fraction of sp³-hybridized carbons (Fsp3) is 0.278. The molecule has 110 valence electrons. The summed E-state index contributed by atoms with van der Waals surface area (Å²) in [6, 6.07) is 15.6. The maximum Gasteiger partial charge on any atom is 0.253 e. The number of carbonyl (C=O) groups is 1. The first-order chi connectivity index (χ1) is 10.1. The Morgan fingerprint density at radius 2 is 1.86 bits per heavy atom. The number of hydrogen-bond donors (Lipinski definition) is 0. The molecule has 0 atom stereocenters. The monoisotopic (exact) mass is 283 g/mol. The van der Waals surface area contributed by atoms with Crippen molar-refractivity contribution in [3.05, 3.63) is 65.2 Å². The van der Waals surface area contributed by atoms with Gasteiger partial charge in [-0.1, -0.05) is 35.9 Å². The third-order valence-corrected chi connectivity index (χ3v) is 3.43. The van der Waals surface area contributed by atoms with Gasteiger partial charge in [0.25, 0.3) is 5.91 Å². The molecule has 0 aromatic heterocycles. The molecule has 3 nitrogen and oxygen atoms in total. The molecule has 0 radical (unpaired) electrons. The van der Waals surface area contributed by atoms with E-state index in [0.29, 0.717) is 24.5 Å². The van der Waals surface area contributed by atoms with Crippen LogP contribution < -0.4 is 4.74 Å². The van der Waals surface area contributed by atoms with E-state index in [9.17, 15) is 4.79 Å². The van der Waals surface area contributed by atoms with Crippen molar-refractivity contribution >= 4 is 5.91 Å². The largest absolute Gasteiger partial charge is 0.489 e. The first kappa shape index (κ1) is 15.1. The van der Waals surface area contributed by atoms with Crippen molar-refractivity contribution in [1.29, 1.82) is 0 Å². The second kappa shape index (κ2) is 6.93. The topological polar surface area (TPSA) is 29.5 Å². The Kier molecular flexibility index (Phi) is 4.99. The number of ether oxygens (including phenoxy) is 1. The van der Waals surface area contributed by atoms with Crippen molar-refractivity contribution in [2.24, 2.45) is 0 Å². The number of nitrogens with zero attached hydrogens (tertiary/aromatic N) is 1. The van der Waals surface area contributed by atoms with Crippen LogP contribution in [0.5, 0.6) is 5.75 Å². The standard InChI is InChI=1S/C18H21NO2/c1-4-19(3)18(20)16-6-5-7-17(12-16)21-13-15-10-8-14(2)9-11-15/h5-12H,4,13H2,1-3H3. The number of aryl methyl sites for hydroxylation is 1. The lowest BCUT2D eigenvalue weighted by molar-refractivity contribution is 0.0802. The van der Waals surface area contributed by atoms with E-state index in [0.717, 1.165) is 5.56 Å². The second-order valence-corrected chi connectivity index (χ2v) is 5.12. The van der Waals surface area contributed by atoms with Crippen LogP contribution in [0.2, 0.25) is 0 Å². The highest BCUT2D eigenvalue weighted by molar-refractivity contribution is 5.94. The molecule has 0 aliphatic carbocycles. The minimum atomic E-state index is 0.0123. The molecule has 0 spiro atoms. The van der Waals surface area contributed by atoms with E-state index in [2.05, 4.69) is 31.2 Å². The molecule has 0 saturated heterocycles. The number of amides is 1. The molecule has 0 aliphatic heterocycles. The lowest BCUT2D eigenvalue weighted by Gasteiger charge is -2.15. The average Bonchev–Trinajstić information content (AvgIpc) is 2.53. The van der Waals surface area contributed by atoms with Crippen molar-refractivity contribution in [2.45, 2.75) is 20.5 Å². The van der Waals surface area contributed by atoms with Gasteiger partial charge in [-0.2, -0.15) is 0 Å². The summed E-state index contributed by atoms with van der Waals surface area (Å²) in [5, 5.41) is 0. The summed E-state index contributed by atoms with van der Waals surface area (Å²) in [5.74, 6) is 0.726. The zero-order valence-electron chi connectivity index (χ0n) is 12.8. The molecule has 2 rings (SSSR count). The first-order valence-corrected chi connectivity index (χ1v) is 7.14. The van der Waals surface area contributed by atoms with Crippen molar-refractivity contribution in [3.8, 4) is 5.75 Å². The predicted molar refractivity (Wildman–Crippen MR) is 84.6 cm³/mol. The smallest absolute Gasteiger partial charge is 0.253 e. The quantitative estimate of drug-likeness (QED) is 0.838. The Hall–Kier alpha value is -2.29. The molecular formula is C18H21NO2. The van der Waals surface area contributed by atoms with Gasteiger partial charge in [0.15, 0.2) is 0 Å². The molecule has 0 heterocycles. The van der Waals surface area contributed by atoms with Crippen LogP contribution in [0.25, 0.3) is 0 Å². The van der Waals surface area contributed by atoms with Crippen LogP contribution >= 0.6 is 0 Å². The third kappa shape index (κ3) is 4.09. The highest BCUT2D eigenvalue weighted by atomic mass is 16.5. The Labute approximate surface area is 126 Å². The summed E-state index contributed by atoms with van der Waals surface area (Å²) in [5.41, 5.74) is 3.00. The van der Waals surface area contributed by atoms with Crippen LogP contribution in [0.15, 0.2) is 48.5 Å². The predicted octanol–water partition coefficient (Wildman–Crippen LogP) is 3.67. The van der Waals surface area contributed by atoms with Gasteiger partial charge in [-0.3, -0.25) is 4.79 Å². The Balaban J connectivity index is 2.04. The van der Waals surface area contributed by atoms with Crippen LogP contribution in [0.3, 0.4) is 0 Å². The summed E-state index contributed by atoms with van der Waals surface area (Å²) in [6.45, 7) is 5.20. The van der Waals surface area contributed by atoms with E-state index in [1.54, 1.807) is 18.0 Å². The van der Waals surface area contributed by atoms with Crippen molar-refractivity contribution in [1.82, 2.24) is 4.90 Å². The fourth-order valence-electron chi connectivity index (χ4n) is 1.93. The summed E-state index contributed by atoms with van der Waals surface area (Å²) >= 11 is 0. The highest BCUT2D eigenvalue weighted by Gasteiger charge is 2.10. The normalized spacial score (nSPS) is 10.2. The maximum absolute atomic E-state index is 12.1. The molecule has 1 amide bonds. The van der Waals surface area contributed by atoms with Gasteiger partial charge in [-0.15, -0.1) is 0 Å². The van der Waals surface area contributed by atoms with E-state index in [1.807, 2.05) is 25.1 Å². The van der Waals surface area contributed by atoms with Gasteiger partial charge in [0.1, 0.15) is 12.4 Å². The van der Waals surface area contributed by atoms with Crippen LogP contribution in [0.1, 0.15) is 28.4 Å². The summed E-state index contributed by atoms with van der Waals surface area (Å²) in [6.07, 6.45) is 0. The molecule has 2 aromatic rings. The van der Waals surface area contributed by atoms with Crippen LogP contribution in [0.4, 0.5) is 0 Å². The third-order valence-electron chi connectivity index (χ3n) is 3.43. The van der Waals surface area contributed by atoms with Gasteiger partial charge in [-0.25, -0.2) is 0 Å². The molecule has 0 unspecified atom stereocenters. The summed E-state index contributed by atoms with van der Waals surface area (Å²) in [4.78, 5) is 13.8. The lowest BCUT2D eigenvalue weighted by atomic mass is 10.1. The molecule has 0 aliphatic rings. The molecular weight excluding hydrogens is 262 g/mol. The van der Waals surface area contributed by atoms with E-state index in [-0.39, 0.29) is 5.91 Å². The summed E-state index contributed by atoms with van der Waals surface area (Å²) < 4.78 is 5.77. The highest BCUT2D eigenvalue weighted by Crippen LogP contribution is 2.16. The van der Waals surface area contributed by atoms with E-state index >= 15 is 0 Å². The molecule has 3 heteroatoms. The van der Waals surface area contributed by atoms with Gasteiger partial charge in [0.05, 0.1) is 0 Å². The first-order valence-electron chi connectivity index (χ1n) is 7.14. The Morgan fingerprint density at radius 3 is 2.52 bits per heavy atom. The van der Waals surface area contributed by atoms with Crippen molar-refractivity contribution in [3.63, 3.8) is 0 Å². The molecule has 0 fully saturated rings. The zero-order valence-corrected chi connectivity index (χ0v) is 12.8. The number of carbonyl (C=O) groups excluding carboxylic acids is 1. The average molecular weight is 283 g/mol. The van der Waals surface area contributed by atoms with E-state index < -0.39 is 0 Å². The molecule has 0 N–H and O–H groups in total. The van der Waals surface area contributed by atoms with Gasteiger partial charge in [-0.05, 0) is 37.6 Å². The second-order valence-electron chi connectivity index (χ2n) is 5.12. The van der Waals surface area contributed by atoms with Crippen LogP contribution in [0, 0.1) is 6.92 Å². The van der Waals surface area contributed by atoms with Crippen LogP contribution in [-0.2, 0) is 6.61 Å². The maximum atomic E-state index is 12.1. The molecule has 2 aromatic carbocycles. The zero-order chi connectivity index (χ0) is 15.2. The fourth-order valence-corrected chi connectivity index (χ4v) is 1.93. The molecule has 0 bridgehead atoms. The van der Waals surface area contributed by atoms with E-state index in [4.69, 9.17) is 4.74 Å². The minimum absolute atomic E-state index is 0.0123. The number of rotatable bonds is 5. The summed E-state index contributed by atoms with van der Waals surface area (Å²) in [7, 11) is 1.79. The Morgan fingerprint density at radius 1 is 1.14 bits per heavy atom. The van der Waals surface area contributed by atoms with Gasteiger partial charge in [0, 0.05) is 19.2 Å².